The molecule has 6 heteroatoms. The minimum Gasteiger partial charge on any atom is -0.339 e. The maximum absolute atomic E-state index is 5.81. The molecule has 0 aliphatic rings. The highest BCUT2D eigenvalue weighted by molar-refractivity contribution is 9.10. The molecule has 0 saturated heterocycles. The SMILES string of the molecule is Clc1ncc(Br)c(Nc2cccc3ncccc23)n1. The molecule has 0 aliphatic heterocycles. The molecule has 0 fully saturated rings. The minimum absolute atomic E-state index is 0.198. The summed E-state index contributed by atoms with van der Waals surface area (Å²) in [5.41, 5.74) is 1.84. The highest BCUT2D eigenvalue weighted by Crippen LogP contribution is 2.28. The number of hydrogen-bond acceptors (Lipinski definition) is 4. The molecule has 0 bridgehead atoms. The van der Waals surface area contributed by atoms with Gasteiger partial charge >= 0.3 is 0 Å². The molecule has 19 heavy (non-hydrogen) atoms. The molecule has 0 unspecified atom stereocenters. The van der Waals surface area contributed by atoms with Crippen LogP contribution in [0.1, 0.15) is 0 Å². The zero-order valence-corrected chi connectivity index (χ0v) is 12.0. The molecule has 0 radical (unpaired) electrons. The van der Waals surface area contributed by atoms with Gasteiger partial charge in [0.05, 0.1) is 9.99 Å². The largest absolute Gasteiger partial charge is 0.339 e. The first-order valence-electron chi connectivity index (χ1n) is 5.53. The van der Waals surface area contributed by atoms with Gasteiger partial charge in [0.15, 0.2) is 0 Å². The van der Waals surface area contributed by atoms with E-state index in [1.54, 1.807) is 12.4 Å². The highest BCUT2D eigenvalue weighted by atomic mass is 79.9. The maximum Gasteiger partial charge on any atom is 0.224 e. The molecular weight excluding hydrogens is 328 g/mol. The van der Waals surface area contributed by atoms with E-state index in [0.29, 0.717) is 5.82 Å². The molecule has 3 aromatic rings. The monoisotopic (exact) mass is 334 g/mol. The predicted molar refractivity (Wildman–Crippen MR) is 79.8 cm³/mol. The van der Waals surface area contributed by atoms with E-state index in [0.717, 1.165) is 21.1 Å². The molecule has 0 spiro atoms. The van der Waals surface area contributed by atoms with Crippen LogP contribution in [0.15, 0.2) is 47.2 Å². The topological polar surface area (TPSA) is 50.7 Å². The molecule has 4 nitrogen and oxygen atoms in total. The number of rotatable bonds is 2. The van der Waals surface area contributed by atoms with Crippen molar-refractivity contribution >= 4 is 49.9 Å². The van der Waals surface area contributed by atoms with Crippen LogP contribution in [-0.4, -0.2) is 15.0 Å². The Labute approximate surface area is 123 Å². The minimum atomic E-state index is 0.198. The Hall–Kier alpha value is -1.72. The van der Waals surface area contributed by atoms with Crippen molar-refractivity contribution < 1.29 is 0 Å². The first-order valence-corrected chi connectivity index (χ1v) is 6.70. The number of halogens is 2. The van der Waals surface area contributed by atoms with Crippen molar-refractivity contribution in [1.82, 2.24) is 15.0 Å². The molecule has 1 N–H and O–H groups in total. The van der Waals surface area contributed by atoms with Crippen molar-refractivity contribution in [3.8, 4) is 0 Å². The van der Waals surface area contributed by atoms with Gasteiger partial charge in [-0.2, -0.15) is 4.98 Å². The standard InChI is InChI=1S/C13H8BrClN4/c14-9-7-17-13(15)19-12(9)18-11-5-1-4-10-8(11)3-2-6-16-10/h1-7H,(H,17,18,19). The number of anilines is 2. The second kappa shape index (κ2) is 5.11. The molecule has 94 valence electrons. The molecule has 2 aromatic heterocycles. The molecule has 2 heterocycles. The van der Waals surface area contributed by atoms with Crippen LogP contribution in [0.25, 0.3) is 10.9 Å². The average molecular weight is 336 g/mol. The summed E-state index contributed by atoms with van der Waals surface area (Å²) in [4.78, 5) is 12.4. The maximum atomic E-state index is 5.81. The lowest BCUT2D eigenvalue weighted by Gasteiger charge is -2.09. The average Bonchev–Trinajstić information content (AvgIpc) is 2.43. The number of hydrogen-bond donors (Lipinski definition) is 1. The lowest BCUT2D eigenvalue weighted by atomic mass is 10.2. The molecule has 0 atom stereocenters. The van der Waals surface area contributed by atoms with Crippen molar-refractivity contribution in [2.45, 2.75) is 0 Å². The number of pyridine rings is 1. The zero-order valence-electron chi connectivity index (χ0n) is 9.64. The van der Waals surface area contributed by atoms with Gasteiger partial charge in [-0.25, -0.2) is 4.98 Å². The summed E-state index contributed by atoms with van der Waals surface area (Å²) in [5.74, 6) is 0.622. The van der Waals surface area contributed by atoms with E-state index in [2.05, 4.69) is 36.2 Å². The summed E-state index contributed by atoms with van der Waals surface area (Å²) in [6, 6.07) is 9.76. The van der Waals surface area contributed by atoms with Crippen LogP contribution in [0.5, 0.6) is 0 Å². The van der Waals surface area contributed by atoms with Crippen molar-refractivity contribution in [3.05, 3.63) is 52.5 Å². The van der Waals surface area contributed by atoms with Crippen LogP contribution in [0, 0.1) is 0 Å². The second-order valence-electron chi connectivity index (χ2n) is 3.84. The molecule has 0 aliphatic carbocycles. The van der Waals surface area contributed by atoms with Crippen LogP contribution in [0.4, 0.5) is 11.5 Å². The first kappa shape index (κ1) is 12.3. The number of benzene rings is 1. The molecular formula is C13H8BrClN4. The summed E-state index contributed by atoms with van der Waals surface area (Å²) < 4.78 is 0.748. The normalized spacial score (nSPS) is 10.6. The fourth-order valence-electron chi connectivity index (χ4n) is 1.77. The van der Waals surface area contributed by atoms with E-state index in [1.807, 2.05) is 30.3 Å². The van der Waals surface area contributed by atoms with E-state index >= 15 is 0 Å². The molecule has 0 amide bonds. The number of aromatic nitrogens is 3. The first-order chi connectivity index (χ1) is 9.24. The summed E-state index contributed by atoms with van der Waals surface area (Å²) in [6.45, 7) is 0. The van der Waals surface area contributed by atoms with Crippen LogP contribution in [0.3, 0.4) is 0 Å². The Kier molecular flexibility index (Phi) is 3.31. The van der Waals surface area contributed by atoms with Crippen LogP contribution >= 0.6 is 27.5 Å². The summed E-state index contributed by atoms with van der Waals surface area (Å²) in [7, 11) is 0. The Morgan fingerprint density at radius 1 is 1.11 bits per heavy atom. The summed E-state index contributed by atoms with van der Waals surface area (Å²) in [6.07, 6.45) is 3.38. The van der Waals surface area contributed by atoms with E-state index in [9.17, 15) is 0 Å². The Balaban J connectivity index is 2.08. The number of fused-ring (bicyclic) bond motifs is 1. The van der Waals surface area contributed by atoms with E-state index in [4.69, 9.17) is 11.6 Å². The number of nitrogens with zero attached hydrogens (tertiary/aromatic N) is 3. The van der Waals surface area contributed by atoms with Gasteiger partial charge in [0.2, 0.25) is 5.28 Å². The lowest BCUT2D eigenvalue weighted by Crippen LogP contribution is -1.97. The zero-order chi connectivity index (χ0) is 13.2. The van der Waals surface area contributed by atoms with Gasteiger partial charge in [-0.05, 0) is 51.8 Å². The van der Waals surface area contributed by atoms with Crippen molar-refractivity contribution in [2.24, 2.45) is 0 Å². The van der Waals surface area contributed by atoms with Crippen molar-refractivity contribution in [1.29, 1.82) is 0 Å². The predicted octanol–water partition coefficient (Wildman–Crippen LogP) is 4.18. The van der Waals surface area contributed by atoms with Crippen molar-refractivity contribution in [2.75, 3.05) is 5.32 Å². The van der Waals surface area contributed by atoms with Gasteiger partial charge < -0.3 is 5.32 Å². The molecule has 3 rings (SSSR count). The summed E-state index contributed by atoms with van der Waals surface area (Å²) >= 11 is 9.20. The smallest absolute Gasteiger partial charge is 0.224 e. The molecule has 0 saturated carbocycles. The van der Waals surface area contributed by atoms with Crippen LogP contribution < -0.4 is 5.32 Å². The van der Waals surface area contributed by atoms with E-state index in [-0.39, 0.29) is 5.28 Å². The Morgan fingerprint density at radius 3 is 2.89 bits per heavy atom. The van der Waals surface area contributed by atoms with E-state index < -0.39 is 0 Å². The van der Waals surface area contributed by atoms with Gasteiger partial charge in [-0.15, -0.1) is 0 Å². The van der Waals surface area contributed by atoms with E-state index in [1.165, 1.54) is 0 Å². The highest BCUT2D eigenvalue weighted by Gasteiger charge is 2.06. The number of nitrogens with one attached hydrogen (secondary N) is 1. The second-order valence-corrected chi connectivity index (χ2v) is 5.03. The third kappa shape index (κ3) is 2.52. The van der Waals surface area contributed by atoms with Gasteiger partial charge in [0, 0.05) is 23.5 Å². The fourth-order valence-corrected chi connectivity index (χ4v) is 2.20. The Morgan fingerprint density at radius 2 is 2.00 bits per heavy atom. The third-order valence-corrected chi connectivity index (χ3v) is 3.38. The third-order valence-electron chi connectivity index (χ3n) is 2.61. The van der Waals surface area contributed by atoms with Gasteiger partial charge in [-0.3, -0.25) is 4.98 Å². The summed E-state index contributed by atoms with van der Waals surface area (Å²) in [5, 5.41) is 4.45. The van der Waals surface area contributed by atoms with Gasteiger partial charge in [0.25, 0.3) is 0 Å². The van der Waals surface area contributed by atoms with Crippen LogP contribution in [-0.2, 0) is 0 Å². The lowest BCUT2D eigenvalue weighted by molar-refractivity contribution is 1.15. The molecule has 1 aromatic carbocycles. The fraction of sp³-hybridized carbons (Fsp3) is 0. The van der Waals surface area contributed by atoms with Crippen LogP contribution in [0.2, 0.25) is 5.28 Å². The quantitative estimate of drug-likeness (QED) is 0.714. The van der Waals surface area contributed by atoms with Gasteiger partial charge in [0.1, 0.15) is 5.82 Å². The van der Waals surface area contributed by atoms with Crippen molar-refractivity contribution in [3.63, 3.8) is 0 Å². The Bertz CT molecular complexity index is 742. The van der Waals surface area contributed by atoms with Gasteiger partial charge in [-0.1, -0.05) is 6.07 Å².